The second kappa shape index (κ2) is 6.10. The first-order valence-corrected chi connectivity index (χ1v) is 4.96. The molecule has 88 valence electrons. The van der Waals surface area contributed by atoms with Gasteiger partial charge in [0.25, 0.3) is 0 Å². The van der Waals surface area contributed by atoms with E-state index in [2.05, 4.69) is 11.3 Å². The fourth-order valence-electron chi connectivity index (χ4n) is 1.19. The van der Waals surface area contributed by atoms with Crippen LogP contribution >= 0.6 is 0 Å². The highest BCUT2D eigenvalue weighted by Gasteiger charge is 2.14. The van der Waals surface area contributed by atoms with Crippen LogP contribution in [0.2, 0.25) is 0 Å². The van der Waals surface area contributed by atoms with E-state index in [0.29, 0.717) is 6.61 Å². The molecule has 0 bridgehead atoms. The summed E-state index contributed by atoms with van der Waals surface area (Å²) in [5, 5.41) is 0. The van der Waals surface area contributed by atoms with Crippen LogP contribution in [0.5, 0.6) is 11.5 Å². The first-order valence-electron chi connectivity index (χ1n) is 4.96. The minimum Gasteiger partial charge on any atom is -0.494 e. The fourth-order valence-corrected chi connectivity index (χ4v) is 1.19. The summed E-state index contributed by atoms with van der Waals surface area (Å²) in [6.45, 7) is 3.88. The zero-order valence-corrected chi connectivity index (χ0v) is 9.13. The maximum Gasteiger partial charge on any atom is 0.204 e. The summed E-state index contributed by atoms with van der Waals surface area (Å²) in [7, 11) is 1.28. The lowest BCUT2D eigenvalue weighted by molar-refractivity contribution is 0.286. The van der Waals surface area contributed by atoms with Crippen molar-refractivity contribution in [1.82, 2.24) is 0 Å². The molecule has 0 radical (unpaired) electrons. The van der Waals surface area contributed by atoms with Crippen molar-refractivity contribution in [1.29, 1.82) is 0 Å². The molecular formula is C12H14F2O2. The van der Waals surface area contributed by atoms with E-state index in [1.165, 1.54) is 19.2 Å². The molecule has 0 fully saturated rings. The molecule has 0 aliphatic heterocycles. The minimum absolute atomic E-state index is 0.0950. The summed E-state index contributed by atoms with van der Waals surface area (Å²) < 4.78 is 36.3. The van der Waals surface area contributed by atoms with Crippen molar-refractivity contribution < 1.29 is 18.3 Å². The molecule has 16 heavy (non-hydrogen) atoms. The Bertz CT molecular complexity index is 364. The summed E-state index contributed by atoms with van der Waals surface area (Å²) in [5.41, 5.74) is 0. The van der Waals surface area contributed by atoms with E-state index in [-0.39, 0.29) is 11.5 Å². The molecule has 0 saturated carbocycles. The summed E-state index contributed by atoms with van der Waals surface area (Å²) in [5.74, 6) is -2.26. The Balaban J connectivity index is 2.67. The monoisotopic (exact) mass is 228 g/mol. The lowest BCUT2D eigenvalue weighted by Gasteiger charge is -2.08. The van der Waals surface area contributed by atoms with E-state index in [0.717, 1.165) is 12.8 Å². The molecule has 0 saturated heterocycles. The van der Waals surface area contributed by atoms with E-state index in [1.807, 2.05) is 0 Å². The Labute approximate surface area is 93.5 Å². The first kappa shape index (κ1) is 12.5. The molecule has 1 aromatic carbocycles. The van der Waals surface area contributed by atoms with Gasteiger partial charge in [-0.2, -0.15) is 8.78 Å². The van der Waals surface area contributed by atoms with Gasteiger partial charge in [0.15, 0.2) is 11.5 Å². The van der Waals surface area contributed by atoms with Gasteiger partial charge in [-0.25, -0.2) is 0 Å². The molecule has 0 atom stereocenters. The number of halogens is 2. The van der Waals surface area contributed by atoms with Crippen molar-refractivity contribution in [2.24, 2.45) is 0 Å². The lowest BCUT2D eigenvalue weighted by Crippen LogP contribution is -2.01. The van der Waals surface area contributed by atoms with Crippen molar-refractivity contribution in [3.63, 3.8) is 0 Å². The smallest absolute Gasteiger partial charge is 0.204 e. The third-order valence-corrected chi connectivity index (χ3v) is 2.04. The molecule has 0 aliphatic rings. The summed E-state index contributed by atoms with van der Waals surface area (Å²) >= 11 is 0. The van der Waals surface area contributed by atoms with Gasteiger partial charge >= 0.3 is 0 Å². The third kappa shape index (κ3) is 2.95. The highest BCUT2D eigenvalue weighted by atomic mass is 19.2. The number of rotatable bonds is 6. The van der Waals surface area contributed by atoms with Gasteiger partial charge in [-0.3, -0.25) is 0 Å². The average Bonchev–Trinajstić information content (AvgIpc) is 2.30. The highest BCUT2D eigenvalue weighted by molar-refractivity contribution is 5.34. The molecule has 0 heterocycles. The maximum atomic E-state index is 13.4. The summed E-state index contributed by atoms with van der Waals surface area (Å²) in [6, 6.07) is 2.69. The molecule has 0 aromatic heterocycles. The van der Waals surface area contributed by atoms with E-state index in [4.69, 9.17) is 4.74 Å². The largest absolute Gasteiger partial charge is 0.494 e. The van der Waals surface area contributed by atoms with Crippen LogP contribution in [0.1, 0.15) is 12.8 Å². The van der Waals surface area contributed by atoms with Gasteiger partial charge in [0.1, 0.15) is 0 Å². The van der Waals surface area contributed by atoms with Crippen LogP contribution in [-0.4, -0.2) is 13.7 Å². The number of allylic oxidation sites excluding steroid dienone is 1. The SMILES string of the molecule is C=CCCCOc1ccc(OC)c(F)c1F. The van der Waals surface area contributed by atoms with Crippen LogP contribution in [-0.2, 0) is 0 Å². The topological polar surface area (TPSA) is 18.5 Å². The Morgan fingerprint density at radius 2 is 1.88 bits per heavy atom. The van der Waals surface area contributed by atoms with Crippen LogP contribution in [0.15, 0.2) is 24.8 Å². The van der Waals surface area contributed by atoms with Crippen LogP contribution in [0.3, 0.4) is 0 Å². The van der Waals surface area contributed by atoms with Crippen LogP contribution < -0.4 is 9.47 Å². The van der Waals surface area contributed by atoms with Gasteiger partial charge in [-0.15, -0.1) is 6.58 Å². The van der Waals surface area contributed by atoms with Gasteiger partial charge in [0.05, 0.1) is 13.7 Å². The highest BCUT2D eigenvalue weighted by Crippen LogP contribution is 2.27. The predicted octanol–water partition coefficient (Wildman–Crippen LogP) is 3.32. The van der Waals surface area contributed by atoms with Crippen LogP contribution in [0.4, 0.5) is 8.78 Å². The zero-order valence-electron chi connectivity index (χ0n) is 9.13. The number of benzene rings is 1. The number of methoxy groups -OCH3 is 1. The van der Waals surface area contributed by atoms with Gasteiger partial charge in [-0.05, 0) is 25.0 Å². The molecule has 0 spiro atoms. The van der Waals surface area contributed by atoms with Crippen LogP contribution in [0, 0.1) is 11.6 Å². The maximum absolute atomic E-state index is 13.4. The van der Waals surface area contributed by atoms with Gasteiger partial charge < -0.3 is 9.47 Å². The second-order valence-corrected chi connectivity index (χ2v) is 3.17. The molecular weight excluding hydrogens is 214 g/mol. The van der Waals surface area contributed by atoms with Crippen molar-refractivity contribution in [3.05, 3.63) is 36.4 Å². The molecule has 0 aliphatic carbocycles. The molecule has 0 N–H and O–H groups in total. The Morgan fingerprint density at radius 1 is 1.25 bits per heavy atom. The molecule has 4 heteroatoms. The molecule has 1 rings (SSSR count). The van der Waals surface area contributed by atoms with E-state index in [1.54, 1.807) is 6.08 Å². The standard InChI is InChI=1S/C12H14F2O2/c1-3-4-5-8-16-10-7-6-9(15-2)11(13)12(10)14/h3,6-7H,1,4-5,8H2,2H3. The number of hydrogen-bond acceptors (Lipinski definition) is 2. The van der Waals surface area contributed by atoms with Gasteiger partial charge in [0, 0.05) is 0 Å². The quantitative estimate of drug-likeness (QED) is 0.549. The number of ether oxygens (including phenoxy) is 2. The molecule has 2 nitrogen and oxygen atoms in total. The number of hydrogen-bond donors (Lipinski definition) is 0. The minimum atomic E-state index is -1.02. The van der Waals surface area contributed by atoms with Crippen LogP contribution in [0.25, 0.3) is 0 Å². The Hall–Kier alpha value is -1.58. The Morgan fingerprint density at radius 3 is 2.50 bits per heavy atom. The van der Waals surface area contributed by atoms with Crippen molar-refractivity contribution in [3.8, 4) is 11.5 Å². The lowest BCUT2D eigenvalue weighted by atomic mass is 10.3. The average molecular weight is 228 g/mol. The molecule has 0 unspecified atom stereocenters. The number of unbranched alkanes of at least 4 members (excludes halogenated alkanes) is 1. The second-order valence-electron chi connectivity index (χ2n) is 3.17. The van der Waals surface area contributed by atoms with Gasteiger partial charge in [-0.1, -0.05) is 6.08 Å². The first-order chi connectivity index (χ1) is 7.70. The summed E-state index contributed by atoms with van der Waals surface area (Å²) in [4.78, 5) is 0. The van der Waals surface area contributed by atoms with Gasteiger partial charge in [0.2, 0.25) is 11.6 Å². The van der Waals surface area contributed by atoms with Crippen molar-refractivity contribution in [2.75, 3.05) is 13.7 Å². The van der Waals surface area contributed by atoms with E-state index >= 15 is 0 Å². The zero-order chi connectivity index (χ0) is 12.0. The third-order valence-electron chi connectivity index (χ3n) is 2.04. The van der Waals surface area contributed by atoms with E-state index < -0.39 is 11.6 Å². The van der Waals surface area contributed by atoms with E-state index in [9.17, 15) is 8.78 Å². The molecule has 0 amide bonds. The normalized spacial score (nSPS) is 9.94. The Kier molecular flexibility index (Phi) is 4.76. The summed E-state index contributed by atoms with van der Waals surface area (Å²) in [6.07, 6.45) is 3.24. The fraction of sp³-hybridized carbons (Fsp3) is 0.333. The molecule has 1 aromatic rings. The predicted molar refractivity (Wildman–Crippen MR) is 57.8 cm³/mol. The van der Waals surface area contributed by atoms with Crippen molar-refractivity contribution in [2.45, 2.75) is 12.8 Å². The van der Waals surface area contributed by atoms with Crippen molar-refractivity contribution >= 4 is 0 Å².